The average molecular weight is 84.1 g/mol. The van der Waals surface area contributed by atoms with Crippen molar-refractivity contribution >= 4 is 8.19 Å². The maximum Gasteiger partial charge on any atom is -0.0454 e. The molecule has 0 nitrogen and oxygen atoms in total. The molecule has 1 heterocycles. The second-order valence-electron chi connectivity index (χ2n) is 0.885. The van der Waals surface area contributed by atoms with Crippen LogP contribution in [0, 0.1) is 0 Å². The molecular formula is C4H5P. The molecule has 5 heavy (non-hydrogen) atoms. The van der Waals surface area contributed by atoms with E-state index >= 15 is 0 Å². The van der Waals surface area contributed by atoms with Gasteiger partial charge in [-0.3, -0.25) is 0 Å². The highest BCUT2D eigenvalue weighted by Crippen LogP contribution is 1.99. The van der Waals surface area contributed by atoms with Crippen LogP contribution in [0.25, 0.3) is 0 Å². The standard InChI is InChI=1S/C4H5P/c1-2-4-5-3-1/h1-5H. The fourth-order valence-electron chi connectivity index (χ4n) is 0.278. The molecule has 0 unspecified atom stereocenters. The van der Waals surface area contributed by atoms with Gasteiger partial charge in [0.25, 0.3) is 0 Å². The molecule has 0 atom stereocenters. The zero-order valence-corrected chi connectivity index (χ0v) is 3.81. The third kappa shape index (κ3) is 0.524. The number of hydrogen-bond acceptors (Lipinski definition) is 0. The molecule has 1 rings (SSSR count). The third-order valence-electron chi connectivity index (χ3n) is 0.496. The minimum Gasteiger partial charge on any atom is -0.140 e. The fourth-order valence-corrected chi connectivity index (χ4v) is 0.833. The van der Waals surface area contributed by atoms with Crippen LogP contribution in [0.15, 0.2) is 23.7 Å². The predicted octanol–water partition coefficient (Wildman–Crippen LogP) is 1.72. The van der Waals surface area contributed by atoms with Crippen molar-refractivity contribution in [2.75, 3.05) is 0 Å². The molecule has 0 N–H and O–H groups in total. The molecule has 0 spiro atoms. The summed E-state index contributed by atoms with van der Waals surface area (Å²) in [6.07, 6.45) is 0. The summed E-state index contributed by atoms with van der Waals surface area (Å²) in [5.74, 6) is 4.31. The first-order valence-electron chi connectivity index (χ1n) is 1.58. The predicted molar refractivity (Wildman–Crippen MR) is 25.9 cm³/mol. The number of hydrogen-bond donors (Lipinski definition) is 0. The Hall–Kier alpha value is -0.220. The van der Waals surface area contributed by atoms with E-state index in [1.807, 2.05) is 0 Å². The summed E-state index contributed by atoms with van der Waals surface area (Å²) in [6.45, 7) is 0. The average Bonchev–Trinajstić information content (AvgIpc) is 1.76. The molecule has 1 heteroatoms. The van der Waals surface area contributed by atoms with Crippen molar-refractivity contribution in [1.29, 1.82) is 0 Å². The van der Waals surface area contributed by atoms with E-state index in [0.29, 0.717) is 0 Å². The second kappa shape index (κ2) is 1.28. The Morgan fingerprint density at radius 2 is 1.60 bits per heavy atom. The van der Waals surface area contributed by atoms with Crippen LogP contribution in [0.5, 0.6) is 0 Å². The lowest BCUT2D eigenvalue weighted by Crippen LogP contribution is -1.16. The Morgan fingerprint density at radius 3 is 1.80 bits per heavy atom. The van der Waals surface area contributed by atoms with Gasteiger partial charge in [0.1, 0.15) is 0 Å². The zero-order valence-electron chi connectivity index (χ0n) is 2.81. The molecular weight excluding hydrogens is 79.0 g/mol. The summed E-state index contributed by atoms with van der Waals surface area (Å²) in [4.78, 5) is 0. The highest BCUT2D eigenvalue weighted by Gasteiger charge is 1.57. The van der Waals surface area contributed by atoms with Gasteiger partial charge in [-0.2, -0.15) is 0 Å². The molecule has 0 radical (unpaired) electrons. The molecule has 0 saturated carbocycles. The van der Waals surface area contributed by atoms with Crippen molar-refractivity contribution in [3.05, 3.63) is 23.7 Å². The van der Waals surface area contributed by atoms with E-state index in [1.54, 1.807) is 0 Å². The van der Waals surface area contributed by atoms with Crippen LogP contribution < -0.4 is 0 Å². The highest BCUT2D eigenvalue weighted by molar-refractivity contribution is 7.28. The first-order chi connectivity index (χ1) is 2.50. The SMILES string of the molecule is c1cc[pH]c1. The molecule has 0 aliphatic heterocycles. The van der Waals surface area contributed by atoms with Gasteiger partial charge in [0.2, 0.25) is 0 Å². The van der Waals surface area contributed by atoms with Crippen molar-refractivity contribution in [1.82, 2.24) is 0 Å². The maximum atomic E-state index is 2.15. The third-order valence-corrected chi connectivity index (χ3v) is 1.27. The van der Waals surface area contributed by atoms with E-state index in [-0.39, 0.29) is 0 Å². The van der Waals surface area contributed by atoms with Gasteiger partial charge < -0.3 is 0 Å². The minimum atomic E-state index is 0.948. The number of rotatable bonds is 0. The van der Waals surface area contributed by atoms with Crippen LogP contribution in [-0.2, 0) is 0 Å². The molecule has 0 aliphatic carbocycles. The molecule has 26 valence electrons. The van der Waals surface area contributed by atoms with Crippen LogP contribution in [0.3, 0.4) is 0 Å². The van der Waals surface area contributed by atoms with E-state index in [1.165, 1.54) is 0 Å². The van der Waals surface area contributed by atoms with Crippen molar-refractivity contribution in [2.24, 2.45) is 0 Å². The van der Waals surface area contributed by atoms with E-state index in [2.05, 4.69) is 23.7 Å². The van der Waals surface area contributed by atoms with Crippen LogP contribution in [0.1, 0.15) is 0 Å². The van der Waals surface area contributed by atoms with Crippen LogP contribution in [0.4, 0.5) is 0 Å². The summed E-state index contributed by atoms with van der Waals surface area (Å²) in [7, 11) is 0.948. The van der Waals surface area contributed by atoms with Gasteiger partial charge in [-0.05, 0) is 11.6 Å². The van der Waals surface area contributed by atoms with Gasteiger partial charge in [-0.1, -0.05) is 12.1 Å². The lowest BCUT2D eigenvalue weighted by atomic mass is 10.7. The largest absolute Gasteiger partial charge is 0.140 e. The quantitative estimate of drug-likeness (QED) is 0.449. The Bertz CT molecular complexity index is 60.1. The molecule has 0 fully saturated rings. The highest BCUT2D eigenvalue weighted by atomic mass is 31.0. The monoisotopic (exact) mass is 84.0 g/mol. The van der Waals surface area contributed by atoms with Gasteiger partial charge in [0.15, 0.2) is 0 Å². The smallest absolute Gasteiger partial charge is 0.0454 e. The Kier molecular flexibility index (Phi) is 0.764. The van der Waals surface area contributed by atoms with Gasteiger partial charge >= 0.3 is 0 Å². The van der Waals surface area contributed by atoms with Crippen LogP contribution >= 0.6 is 8.19 Å². The van der Waals surface area contributed by atoms with Crippen LogP contribution in [0.2, 0.25) is 0 Å². The first kappa shape index (κ1) is 2.99. The van der Waals surface area contributed by atoms with Gasteiger partial charge in [-0.15, -0.1) is 8.19 Å². The van der Waals surface area contributed by atoms with Crippen molar-refractivity contribution in [2.45, 2.75) is 0 Å². The Labute approximate surface area is 32.9 Å². The molecule has 0 aromatic carbocycles. The summed E-state index contributed by atoms with van der Waals surface area (Å²) in [5.41, 5.74) is 0. The molecule has 0 saturated heterocycles. The zero-order chi connectivity index (χ0) is 3.54. The maximum absolute atomic E-state index is 2.15. The second-order valence-corrected chi connectivity index (χ2v) is 1.88. The molecule has 1 aromatic heterocycles. The van der Waals surface area contributed by atoms with Gasteiger partial charge in [0, 0.05) is 0 Å². The first-order valence-corrected chi connectivity index (χ1v) is 2.73. The topological polar surface area (TPSA) is 0 Å². The van der Waals surface area contributed by atoms with Gasteiger partial charge in [0.05, 0.1) is 0 Å². The minimum absolute atomic E-state index is 0.948. The molecule has 0 aliphatic rings. The van der Waals surface area contributed by atoms with Gasteiger partial charge in [-0.25, -0.2) is 0 Å². The molecule has 1 aromatic rings. The molecule has 0 amide bonds. The van der Waals surface area contributed by atoms with E-state index in [9.17, 15) is 0 Å². The lowest BCUT2D eigenvalue weighted by Gasteiger charge is -1.41. The van der Waals surface area contributed by atoms with Crippen molar-refractivity contribution in [3.63, 3.8) is 0 Å². The van der Waals surface area contributed by atoms with Crippen molar-refractivity contribution in [3.8, 4) is 0 Å². The molecule has 0 bridgehead atoms. The van der Waals surface area contributed by atoms with E-state index in [0.717, 1.165) is 8.19 Å². The summed E-state index contributed by atoms with van der Waals surface area (Å²) < 4.78 is 0. The Morgan fingerprint density at radius 1 is 1.00 bits per heavy atom. The van der Waals surface area contributed by atoms with E-state index in [4.69, 9.17) is 0 Å². The normalized spacial score (nSPS) is 8.00. The fraction of sp³-hybridized carbons (Fsp3) is 0. The summed E-state index contributed by atoms with van der Waals surface area (Å²) in [6, 6.07) is 4.14. The summed E-state index contributed by atoms with van der Waals surface area (Å²) in [5, 5.41) is 0. The van der Waals surface area contributed by atoms with Crippen LogP contribution in [-0.4, -0.2) is 0 Å². The summed E-state index contributed by atoms with van der Waals surface area (Å²) >= 11 is 0. The Balaban J connectivity index is 3.13. The lowest BCUT2D eigenvalue weighted by molar-refractivity contribution is 2.03. The van der Waals surface area contributed by atoms with Crippen molar-refractivity contribution < 1.29 is 0 Å². The van der Waals surface area contributed by atoms with E-state index < -0.39 is 0 Å².